The van der Waals surface area contributed by atoms with Crippen LogP contribution in [0.15, 0.2) is 12.1 Å². The molecule has 1 atom stereocenters. The summed E-state index contributed by atoms with van der Waals surface area (Å²) in [5, 5.41) is 3.95. The summed E-state index contributed by atoms with van der Waals surface area (Å²) >= 11 is 6.14. The van der Waals surface area contributed by atoms with Crippen LogP contribution < -0.4 is 20.5 Å². The molecule has 17 heavy (non-hydrogen) atoms. The van der Waals surface area contributed by atoms with Crippen molar-refractivity contribution >= 4 is 11.6 Å². The number of hydrogen-bond donors (Lipinski definition) is 2. The topological polar surface area (TPSA) is 56.5 Å². The lowest BCUT2D eigenvalue weighted by molar-refractivity contribution is 0.174. The van der Waals surface area contributed by atoms with Gasteiger partial charge in [-0.25, -0.2) is 0 Å². The third kappa shape index (κ3) is 2.65. The van der Waals surface area contributed by atoms with Gasteiger partial charge in [0.15, 0.2) is 11.5 Å². The van der Waals surface area contributed by atoms with E-state index >= 15 is 0 Å². The molecule has 0 fully saturated rings. The lowest BCUT2D eigenvalue weighted by atomic mass is 10.1. The van der Waals surface area contributed by atoms with Crippen LogP contribution in [0.1, 0.15) is 25.5 Å². The van der Waals surface area contributed by atoms with E-state index in [1.807, 2.05) is 12.1 Å². The number of ether oxygens (including phenoxy) is 2. The molecule has 0 aromatic heterocycles. The van der Waals surface area contributed by atoms with Gasteiger partial charge >= 0.3 is 0 Å². The van der Waals surface area contributed by atoms with E-state index in [0.717, 1.165) is 5.56 Å². The van der Waals surface area contributed by atoms with Crippen molar-refractivity contribution in [3.63, 3.8) is 0 Å². The average Bonchev–Trinajstić information content (AvgIpc) is 2.74. The minimum atomic E-state index is 0.0713. The quantitative estimate of drug-likeness (QED) is 0.866. The van der Waals surface area contributed by atoms with Crippen LogP contribution in [0, 0.1) is 0 Å². The van der Waals surface area contributed by atoms with Gasteiger partial charge in [0.25, 0.3) is 0 Å². The molecule has 0 spiro atoms. The normalized spacial score (nSPS) is 15.4. The fraction of sp³-hybridized carbons (Fsp3) is 0.500. The standard InChI is InChI=1S/C12H17ClN2O2/c1-7(2)15-10(5-14)8-3-9(13)12-11(4-8)16-6-17-12/h3-4,7,10,15H,5-6,14H2,1-2H3. The molecule has 0 saturated heterocycles. The number of halogens is 1. The monoisotopic (exact) mass is 256 g/mol. The molecule has 0 radical (unpaired) electrons. The summed E-state index contributed by atoms with van der Waals surface area (Å²) in [6.07, 6.45) is 0. The second-order valence-corrected chi connectivity index (χ2v) is 4.75. The molecule has 94 valence electrons. The molecule has 5 heteroatoms. The predicted octanol–water partition coefficient (Wildman–Crippen LogP) is 2.07. The summed E-state index contributed by atoms with van der Waals surface area (Å²) < 4.78 is 10.6. The Kier molecular flexibility index (Phi) is 3.76. The minimum Gasteiger partial charge on any atom is -0.454 e. The van der Waals surface area contributed by atoms with Crippen molar-refractivity contribution in [1.82, 2.24) is 5.32 Å². The van der Waals surface area contributed by atoms with Gasteiger partial charge < -0.3 is 20.5 Å². The van der Waals surface area contributed by atoms with E-state index in [2.05, 4.69) is 19.2 Å². The number of benzene rings is 1. The Morgan fingerprint density at radius 1 is 1.41 bits per heavy atom. The molecular weight excluding hydrogens is 240 g/mol. The van der Waals surface area contributed by atoms with E-state index in [-0.39, 0.29) is 12.8 Å². The van der Waals surface area contributed by atoms with Crippen LogP contribution in [0.2, 0.25) is 5.02 Å². The minimum absolute atomic E-state index is 0.0713. The fourth-order valence-corrected chi connectivity index (χ4v) is 2.16. The van der Waals surface area contributed by atoms with Crippen molar-refractivity contribution in [3.8, 4) is 11.5 Å². The number of rotatable bonds is 4. The van der Waals surface area contributed by atoms with Crippen molar-refractivity contribution < 1.29 is 9.47 Å². The second kappa shape index (κ2) is 5.12. The lowest BCUT2D eigenvalue weighted by Gasteiger charge is -2.20. The number of fused-ring (bicyclic) bond motifs is 1. The molecule has 0 bridgehead atoms. The molecule has 3 N–H and O–H groups in total. The zero-order chi connectivity index (χ0) is 12.4. The summed E-state index contributed by atoms with van der Waals surface area (Å²) in [6.45, 7) is 4.89. The summed E-state index contributed by atoms with van der Waals surface area (Å²) in [7, 11) is 0. The van der Waals surface area contributed by atoms with Gasteiger partial charge in [0.05, 0.1) is 5.02 Å². The first-order valence-electron chi connectivity index (χ1n) is 5.67. The summed E-state index contributed by atoms with van der Waals surface area (Å²) in [6, 6.07) is 4.23. The average molecular weight is 257 g/mol. The van der Waals surface area contributed by atoms with Crippen LogP contribution in [0.3, 0.4) is 0 Å². The van der Waals surface area contributed by atoms with Crippen molar-refractivity contribution in [2.75, 3.05) is 13.3 Å². The smallest absolute Gasteiger partial charge is 0.231 e. The Morgan fingerprint density at radius 2 is 2.18 bits per heavy atom. The lowest BCUT2D eigenvalue weighted by Crippen LogP contribution is -2.33. The van der Waals surface area contributed by atoms with Crippen molar-refractivity contribution in [2.45, 2.75) is 25.9 Å². The van der Waals surface area contributed by atoms with Crippen molar-refractivity contribution in [3.05, 3.63) is 22.7 Å². The Balaban J connectivity index is 2.29. The maximum Gasteiger partial charge on any atom is 0.231 e. The highest BCUT2D eigenvalue weighted by molar-refractivity contribution is 6.32. The van der Waals surface area contributed by atoms with E-state index in [0.29, 0.717) is 29.1 Å². The first-order chi connectivity index (χ1) is 8.11. The van der Waals surface area contributed by atoms with Crippen LogP contribution in [-0.2, 0) is 0 Å². The highest BCUT2D eigenvalue weighted by Gasteiger charge is 2.21. The first kappa shape index (κ1) is 12.5. The van der Waals surface area contributed by atoms with Gasteiger partial charge in [0.1, 0.15) is 0 Å². The Hall–Kier alpha value is -0.970. The molecule has 1 heterocycles. The number of hydrogen-bond acceptors (Lipinski definition) is 4. The van der Waals surface area contributed by atoms with Gasteiger partial charge in [-0.1, -0.05) is 25.4 Å². The fourth-order valence-electron chi connectivity index (χ4n) is 1.89. The first-order valence-corrected chi connectivity index (χ1v) is 6.04. The third-order valence-corrected chi connectivity index (χ3v) is 2.90. The van der Waals surface area contributed by atoms with E-state index in [1.165, 1.54) is 0 Å². The zero-order valence-electron chi connectivity index (χ0n) is 10.00. The molecule has 1 aliphatic rings. The highest BCUT2D eigenvalue weighted by Crippen LogP contribution is 2.40. The van der Waals surface area contributed by atoms with Gasteiger partial charge in [-0.3, -0.25) is 0 Å². The van der Waals surface area contributed by atoms with E-state index in [1.54, 1.807) is 0 Å². The largest absolute Gasteiger partial charge is 0.454 e. The number of nitrogens with two attached hydrogens (primary N) is 1. The van der Waals surface area contributed by atoms with Crippen molar-refractivity contribution in [2.24, 2.45) is 5.73 Å². The molecule has 1 aromatic carbocycles. The Bertz CT molecular complexity index is 410. The van der Waals surface area contributed by atoms with Gasteiger partial charge in [0, 0.05) is 18.6 Å². The van der Waals surface area contributed by atoms with Gasteiger partial charge in [-0.15, -0.1) is 0 Å². The van der Waals surface area contributed by atoms with E-state index < -0.39 is 0 Å². The molecule has 4 nitrogen and oxygen atoms in total. The molecule has 1 aliphatic heterocycles. The molecule has 2 rings (SSSR count). The van der Waals surface area contributed by atoms with Gasteiger partial charge in [-0.2, -0.15) is 0 Å². The second-order valence-electron chi connectivity index (χ2n) is 4.35. The molecule has 0 aliphatic carbocycles. The number of nitrogens with one attached hydrogen (secondary N) is 1. The third-order valence-electron chi connectivity index (χ3n) is 2.62. The van der Waals surface area contributed by atoms with Crippen LogP contribution in [-0.4, -0.2) is 19.4 Å². The van der Waals surface area contributed by atoms with Gasteiger partial charge in [-0.05, 0) is 17.7 Å². The zero-order valence-corrected chi connectivity index (χ0v) is 10.8. The summed E-state index contributed by atoms with van der Waals surface area (Å²) in [5.74, 6) is 1.31. The summed E-state index contributed by atoms with van der Waals surface area (Å²) in [4.78, 5) is 0. The molecular formula is C12H17ClN2O2. The van der Waals surface area contributed by atoms with Crippen molar-refractivity contribution in [1.29, 1.82) is 0 Å². The Labute approximate surface area is 106 Å². The van der Waals surface area contributed by atoms with E-state index in [9.17, 15) is 0 Å². The van der Waals surface area contributed by atoms with Crippen LogP contribution >= 0.6 is 11.6 Å². The van der Waals surface area contributed by atoms with E-state index in [4.69, 9.17) is 26.8 Å². The molecule has 1 aromatic rings. The molecule has 1 unspecified atom stereocenters. The maximum absolute atomic E-state index is 6.14. The van der Waals surface area contributed by atoms with Crippen LogP contribution in [0.5, 0.6) is 11.5 Å². The molecule has 0 amide bonds. The SMILES string of the molecule is CC(C)NC(CN)c1cc(Cl)c2c(c1)OCO2. The van der Waals surface area contributed by atoms with Gasteiger partial charge in [0.2, 0.25) is 6.79 Å². The highest BCUT2D eigenvalue weighted by atomic mass is 35.5. The molecule has 0 saturated carbocycles. The maximum atomic E-state index is 6.14. The van der Waals surface area contributed by atoms with Crippen LogP contribution in [0.25, 0.3) is 0 Å². The Morgan fingerprint density at radius 3 is 2.82 bits per heavy atom. The summed E-state index contributed by atoms with van der Waals surface area (Å²) in [5.41, 5.74) is 6.79. The van der Waals surface area contributed by atoms with Crippen LogP contribution in [0.4, 0.5) is 0 Å². The predicted molar refractivity (Wildman–Crippen MR) is 67.6 cm³/mol.